The maximum absolute atomic E-state index is 6.24. The van der Waals surface area contributed by atoms with Gasteiger partial charge in [-0.05, 0) is 31.5 Å². The lowest BCUT2D eigenvalue weighted by atomic mass is 10.2. The third kappa shape index (κ3) is 2.31. The molecule has 3 aromatic rings. The number of thiazole rings is 1. The Morgan fingerprint density at radius 3 is 2.58 bits per heavy atom. The SMILES string of the molecule is Cc1cc(Cl)c2nc(-c3cnc(C)s3)nc(Cl)c2c1. The van der Waals surface area contributed by atoms with Crippen molar-refractivity contribution in [3.05, 3.63) is 39.1 Å². The molecular formula is C13H9Cl2N3S. The van der Waals surface area contributed by atoms with Crippen molar-refractivity contribution in [2.75, 3.05) is 0 Å². The largest absolute Gasteiger partial charge is 0.249 e. The second kappa shape index (κ2) is 4.71. The first-order chi connectivity index (χ1) is 9.04. The van der Waals surface area contributed by atoms with Crippen LogP contribution in [0, 0.1) is 13.8 Å². The van der Waals surface area contributed by atoms with Crippen molar-refractivity contribution in [1.29, 1.82) is 0 Å². The summed E-state index contributed by atoms with van der Waals surface area (Å²) < 4.78 is 0. The predicted molar refractivity (Wildman–Crippen MR) is 80.1 cm³/mol. The number of aryl methyl sites for hydroxylation is 2. The van der Waals surface area contributed by atoms with Crippen LogP contribution in [0.15, 0.2) is 18.3 Å². The van der Waals surface area contributed by atoms with Crippen LogP contribution in [-0.2, 0) is 0 Å². The van der Waals surface area contributed by atoms with Crippen LogP contribution in [0.1, 0.15) is 10.6 Å². The van der Waals surface area contributed by atoms with Crippen molar-refractivity contribution in [2.45, 2.75) is 13.8 Å². The molecule has 2 heterocycles. The lowest BCUT2D eigenvalue weighted by Gasteiger charge is -2.05. The average molecular weight is 310 g/mol. The molecule has 19 heavy (non-hydrogen) atoms. The number of fused-ring (bicyclic) bond motifs is 1. The van der Waals surface area contributed by atoms with E-state index in [0.717, 1.165) is 20.8 Å². The molecule has 0 amide bonds. The van der Waals surface area contributed by atoms with Crippen LogP contribution in [0.4, 0.5) is 0 Å². The van der Waals surface area contributed by atoms with Gasteiger partial charge in [-0.1, -0.05) is 23.2 Å². The van der Waals surface area contributed by atoms with Gasteiger partial charge in [-0.15, -0.1) is 11.3 Å². The lowest BCUT2D eigenvalue weighted by Crippen LogP contribution is -1.92. The van der Waals surface area contributed by atoms with E-state index in [9.17, 15) is 0 Å². The molecule has 0 saturated carbocycles. The van der Waals surface area contributed by atoms with E-state index in [-0.39, 0.29) is 0 Å². The fourth-order valence-corrected chi connectivity index (χ4v) is 3.12. The Bertz CT molecular complexity index is 783. The Morgan fingerprint density at radius 1 is 1.11 bits per heavy atom. The summed E-state index contributed by atoms with van der Waals surface area (Å²) in [7, 11) is 0. The third-order valence-electron chi connectivity index (χ3n) is 2.69. The molecule has 0 saturated heterocycles. The average Bonchev–Trinajstić information content (AvgIpc) is 2.77. The van der Waals surface area contributed by atoms with Crippen LogP contribution in [-0.4, -0.2) is 15.0 Å². The van der Waals surface area contributed by atoms with Gasteiger partial charge in [-0.2, -0.15) is 0 Å². The quantitative estimate of drug-likeness (QED) is 0.613. The molecule has 0 radical (unpaired) electrons. The highest BCUT2D eigenvalue weighted by molar-refractivity contribution is 7.14. The molecule has 0 spiro atoms. The minimum absolute atomic E-state index is 0.414. The first kappa shape index (κ1) is 12.8. The van der Waals surface area contributed by atoms with E-state index < -0.39 is 0 Å². The molecule has 0 fully saturated rings. The van der Waals surface area contributed by atoms with Gasteiger partial charge in [-0.25, -0.2) is 15.0 Å². The molecule has 1 aromatic carbocycles. The van der Waals surface area contributed by atoms with Crippen molar-refractivity contribution in [1.82, 2.24) is 15.0 Å². The normalized spacial score (nSPS) is 11.2. The number of aromatic nitrogens is 3. The summed E-state index contributed by atoms with van der Waals surface area (Å²) in [6.45, 7) is 3.90. The molecule has 0 aliphatic heterocycles. The lowest BCUT2D eigenvalue weighted by molar-refractivity contribution is 1.22. The van der Waals surface area contributed by atoms with Crippen molar-refractivity contribution < 1.29 is 0 Å². The van der Waals surface area contributed by atoms with E-state index in [4.69, 9.17) is 23.2 Å². The molecule has 0 aliphatic rings. The van der Waals surface area contributed by atoms with Gasteiger partial charge in [-0.3, -0.25) is 0 Å². The molecule has 0 aliphatic carbocycles. The van der Waals surface area contributed by atoms with E-state index in [2.05, 4.69) is 15.0 Å². The zero-order valence-corrected chi connectivity index (χ0v) is 12.6. The fraction of sp³-hybridized carbons (Fsp3) is 0.154. The van der Waals surface area contributed by atoms with Crippen molar-refractivity contribution in [3.63, 3.8) is 0 Å². The maximum Gasteiger partial charge on any atom is 0.173 e. The number of hydrogen-bond donors (Lipinski definition) is 0. The second-order valence-electron chi connectivity index (χ2n) is 4.22. The molecule has 0 atom stereocenters. The first-order valence-corrected chi connectivity index (χ1v) is 7.18. The van der Waals surface area contributed by atoms with Crippen molar-refractivity contribution in [3.8, 4) is 10.7 Å². The molecule has 6 heteroatoms. The minimum atomic E-state index is 0.414. The summed E-state index contributed by atoms with van der Waals surface area (Å²) in [5.41, 5.74) is 1.71. The van der Waals surface area contributed by atoms with E-state index in [1.165, 1.54) is 11.3 Å². The number of benzene rings is 1. The third-order valence-corrected chi connectivity index (χ3v) is 4.18. The highest BCUT2D eigenvalue weighted by atomic mass is 35.5. The molecule has 2 aromatic heterocycles. The predicted octanol–water partition coefficient (Wildman–Crippen LogP) is 4.68. The zero-order chi connectivity index (χ0) is 13.6. The van der Waals surface area contributed by atoms with E-state index >= 15 is 0 Å². The first-order valence-electron chi connectivity index (χ1n) is 5.61. The minimum Gasteiger partial charge on any atom is -0.249 e. The summed E-state index contributed by atoms with van der Waals surface area (Å²) in [6, 6.07) is 3.81. The number of rotatable bonds is 1. The van der Waals surface area contributed by atoms with Gasteiger partial charge < -0.3 is 0 Å². The Morgan fingerprint density at radius 2 is 1.89 bits per heavy atom. The molecule has 3 nitrogen and oxygen atoms in total. The van der Waals surface area contributed by atoms with Gasteiger partial charge >= 0.3 is 0 Å². The Hall–Kier alpha value is -1.23. The molecule has 3 rings (SSSR count). The van der Waals surface area contributed by atoms with Crippen LogP contribution in [0.25, 0.3) is 21.6 Å². The Balaban J connectivity index is 2.30. The van der Waals surface area contributed by atoms with Crippen LogP contribution >= 0.6 is 34.5 Å². The second-order valence-corrected chi connectivity index (χ2v) is 6.22. The maximum atomic E-state index is 6.24. The topological polar surface area (TPSA) is 38.7 Å². The number of hydrogen-bond acceptors (Lipinski definition) is 4. The number of halogens is 2. The van der Waals surface area contributed by atoms with Crippen molar-refractivity contribution in [2.24, 2.45) is 0 Å². The molecule has 0 N–H and O–H groups in total. The van der Waals surface area contributed by atoms with E-state index in [1.54, 1.807) is 6.20 Å². The van der Waals surface area contributed by atoms with Gasteiger partial charge in [0.15, 0.2) is 5.82 Å². The Labute approximate surface area is 124 Å². The summed E-state index contributed by atoms with van der Waals surface area (Å²) in [5, 5.41) is 2.74. The molecule has 96 valence electrons. The van der Waals surface area contributed by atoms with Gasteiger partial charge in [0.05, 0.1) is 20.4 Å². The molecule has 0 unspecified atom stereocenters. The van der Waals surface area contributed by atoms with Gasteiger partial charge in [0.2, 0.25) is 0 Å². The standard InChI is InChI=1S/C13H9Cl2N3S/c1-6-3-8-11(9(14)4-6)17-13(18-12(8)15)10-5-16-7(2)19-10/h3-5H,1-2H3. The zero-order valence-electron chi connectivity index (χ0n) is 10.2. The summed E-state index contributed by atoms with van der Waals surface area (Å²) >= 11 is 14.0. The highest BCUT2D eigenvalue weighted by Gasteiger charge is 2.12. The van der Waals surface area contributed by atoms with E-state index in [0.29, 0.717) is 21.5 Å². The van der Waals surface area contributed by atoms with E-state index in [1.807, 2.05) is 26.0 Å². The monoisotopic (exact) mass is 309 g/mol. The molecule has 0 bridgehead atoms. The number of nitrogens with zero attached hydrogens (tertiary/aromatic N) is 3. The van der Waals surface area contributed by atoms with Gasteiger partial charge in [0.1, 0.15) is 5.15 Å². The Kier molecular flexibility index (Phi) is 3.17. The van der Waals surface area contributed by atoms with Gasteiger partial charge in [0, 0.05) is 11.6 Å². The smallest absolute Gasteiger partial charge is 0.173 e. The van der Waals surface area contributed by atoms with Crippen LogP contribution in [0.3, 0.4) is 0 Å². The van der Waals surface area contributed by atoms with Crippen LogP contribution in [0.5, 0.6) is 0 Å². The van der Waals surface area contributed by atoms with Crippen molar-refractivity contribution >= 4 is 45.4 Å². The van der Waals surface area contributed by atoms with Gasteiger partial charge in [0.25, 0.3) is 0 Å². The van der Waals surface area contributed by atoms with Crippen LogP contribution in [0.2, 0.25) is 10.2 Å². The fourth-order valence-electron chi connectivity index (χ4n) is 1.86. The van der Waals surface area contributed by atoms with Crippen LogP contribution < -0.4 is 0 Å². The summed E-state index contributed by atoms with van der Waals surface area (Å²) in [4.78, 5) is 13.9. The highest BCUT2D eigenvalue weighted by Crippen LogP contribution is 2.31. The summed E-state index contributed by atoms with van der Waals surface area (Å²) in [5.74, 6) is 0.564. The molecular weight excluding hydrogens is 301 g/mol. The summed E-state index contributed by atoms with van der Waals surface area (Å²) in [6.07, 6.45) is 1.75.